The van der Waals surface area contributed by atoms with Crippen molar-refractivity contribution in [2.45, 2.75) is 6.42 Å². The molecule has 4 N–H and O–H groups in total. The molecular formula is C26H24N6S. The van der Waals surface area contributed by atoms with E-state index in [1.54, 1.807) is 6.20 Å². The Balaban J connectivity index is 0.00000126. The van der Waals surface area contributed by atoms with Gasteiger partial charge in [-0.05, 0) is 48.4 Å². The molecule has 0 aliphatic rings. The molecule has 2 aromatic carbocycles. The first-order valence-electron chi connectivity index (χ1n) is 10.4. The topological polar surface area (TPSA) is 95.6 Å². The minimum atomic E-state index is 0.436. The fourth-order valence-electron chi connectivity index (χ4n) is 3.71. The maximum absolute atomic E-state index is 6.21. The van der Waals surface area contributed by atoms with Crippen molar-refractivity contribution >= 4 is 29.8 Å². The van der Waals surface area contributed by atoms with Crippen LogP contribution in [0.15, 0.2) is 97.7 Å². The van der Waals surface area contributed by atoms with Crippen molar-refractivity contribution in [3.63, 3.8) is 0 Å². The van der Waals surface area contributed by atoms with Crippen LogP contribution in [0, 0.1) is 0 Å². The second kappa shape index (κ2) is 10.1. The summed E-state index contributed by atoms with van der Waals surface area (Å²) < 4.78 is 2.05. The summed E-state index contributed by atoms with van der Waals surface area (Å²) >= 11 is 3.03. The van der Waals surface area contributed by atoms with Crippen molar-refractivity contribution in [1.82, 2.24) is 19.5 Å². The van der Waals surface area contributed by atoms with E-state index in [1.165, 1.54) is 5.56 Å². The van der Waals surface area contributed by atoms with Gasteiger partial charge in [-0.1, -0.05) is 48.5 Å². The van der Waals surface area contributed by atoms with Gasteiger partial charge in [0.05, 0.1) is 11.3 Å². The zero-order chi connectivity index (χ0) is 23.2. The molecule has 5 rings (SSSR count). The van der Waals surface area contributed by atoms with E-state index in [4.69, 9.17) is 15.7 Å². The second-order valence-electron chi connectivity index (χ2n) is 7.27. The van der Waals surface area contributed by atoms with Crippen LogP contribution in [0.4, 0.5) is 5.82 Å². The van der Waals surface area contributed by atoms with E-state index in [9.17, 15) is 0 Å². The molecular weight excluding hydrogens is 428 g/mol. The van der Waals surface area contributed by atoms with Gasteiger partial charge < -0.3 is 5.73 Å². The second-order valence-corrected chi connectivity index (χ2v) is 7.27. The van der Waals surface area contributed by atoms with Crippen LogP contribution in [-0.2, 0) is 6.42 Å². The summed E-state index contributed by atoms with van der Waals surface area (Å²) in [4.78, 5) is 14.1. The molecule has 0 atom stereocenters. The number of benzene rings is 2. The molecule has 5 aromatic rings. The normalized spacial score (nSPS) is 10.5. The van der Waals surface area contributed by atoms with Crippen LogP contribution in [0.2, 0.25) is 0 Å². The summed E-state index contributed by atoms with van der Waals surface area (Å²) in [5.74, 6) is 1.15. The number of fused-ring (bicyclic) bond motifs is 1. The predicted octanol–water partition coefficient (Wildman–Crippen LogP) is 5.25. The highest BCUT2D eigenvalue weighted by atomic mass is 32.1. The van der Waals surface area contributed by atoms with Gasteiger partial charge in [0, 0.05) is 17.4 Å². The lowest BCUT2D eigenvalue weighted by molar-refractivity contribution is 1.07. The summed E-state index contributed by atoms with van der Waals surface area (Å²) in [5, 5.41) is 4.19. The summed E-state index contributed by atoms with van der Waals surface area (Å²) in [5.41, 5.74) is 12.7. The number of aromatic nitrogens is 4. The highest BCUT2D eigenvalue weighted by molar-refractivity contribution is 7.77. The van der Waals surface area contributed by atoms with Gasteiger partial charge in [-0.3, -0.25) is 9.71 Å². The zero-order valence-corrected chi connectivity index (χ0v) is 18.9. The molecule has 0 fully saturated rings. The lowest BCUT2D eigenvalue weighted by Crippen LogP contribution is -2.02. The molecule has 0 amide bonds. The Labute approximate surface area is 198 Å². The number of thiol groups is 1. The first-order valence-corrected chi connectivity index (χ1v) is 10.9. The molecule has 0 spiro atoms. The number of rotatable bonds is 5. The van der Waals surface area contributed by atoms with E-state index in [-0.39, 0.29) is 0 Å². The summed E-state index contributed by atoms with van der Waals surface area (Å²) in [6.07, 6.45) is 4.41. The lowest BCUT2D eigenvalue weighted by Gasteiger charge is -2.11. The quantitative estimate of drug-likeness (QED) is 0.250. The van der Waals surface area contributed by atoms with Gasteiger partial charge in [0.25, 0.3) is 0 Å². The monoisotopic (exact) mass is 452 g/mol. The van der Waals surface area contributed by atoms with Crippen molar-refractivity contribution in [3.05, 3.63) is 103 Å². The first kappa shape index (κ1) is 22.3. The number of nitrogens with two attached hydrogens (primary N) is 2. The van der Waals surface area contributed by atoms with Gasteiger partial charge in [-0.15, -0.1) is 19.4 Å². The maximum Gasteiger partial charge on any atom is 0.165 e. The zero-order valence-electron chi connectivity index (χ0n) is 18.0. The number of hydrogen-bond acceptors (Lipinski definition) is 6. The van der Waals surface area contributed by atoms with Crippen molar-refractivity contribution in [2.75, 3.05) is 5.73 Å². The van der Waals surface area contributed by atoms with Gasteiger partial charge in [0.15, 0.2) is 11.5 Å². The van der Waals surface area contributed by atoms with E-state index in [1.807, 2.05) is 53.1 Å². The average molecular weight is 453 g/mol. The van der Waals surface area contributed by atoms with Gasteiger partial charge in [0.2, 0.25) is 0 Å². The molecule has 0 aliphatic heterocycles. The Hall–Kier alpha value is -3.94. The van der Waals surface area contributed by atoms with Crippen LogP contribution < -0.4 is 10.9 Å². The highest BCUT2D eigenvalue weighted by Gasteiger charge is 2.18. The minimum Gasteiger partial charge on any atom is -0.383 e. The van der Waals surface area contributed by atoms with Crippen molar-refractivity contribution in [2.24, 2.45) is 5.14 Å². The number of nitrogens with zero attached hydrogens (tertiary/aromatic N) is 4. The average Bonchev–Trinajstić information content (AvgIpc) is 3.25. The van der Waals surface area contributed by atoms with Crippen LogP contribution >= 0.6 is 12.8 Å². The van der Waals surface area contributed by atoms with Crippen LogP contribution in [0.1, 0.15) is 5.56 Å². The van der Waals surface area contributed by atoms with Crippen LogP contribution in [0.5, 0.6) is 0 Å². The molecule has 6 nitrogen and oxygen atoms in total. The Morgan fingerprint density at radius 3 is 2.33 bits per heavy atom. The van der Waals surface area contributed by atoms with Gasteiger partial charge in [-0.2, -0.15) is 0 Å². The Morgan fingerprint density at radius 1 is 0.879 bits per heavy atom. The highest BCUT2D eigenvalue weighted by Crippen LogP contribution is 2.31. The third-order valence-electron chi connectivity index (χ3n) is 5.23. The summed E-state index contributed by atoms with van der Waals surface area (Å²) in [7, 11) is 0. The molecule has 0 unspecified atom stereocenters. The number of anilines is 1. The number of nitrogen functional groups attached to an aromatic ring is 1. The fraction of sp³-hybridized carbons (Fsp3) is 0.0385. The van der Waals surface area contributed by atoms with Crippen LogP contribution in [-0.4, -0.2) is 19.5 Å². The van der Waals surface area contributed by atoms with Gasteiger partial charge in [0.1, 0.15) is 11.3 Å². The number of hydrogen-bond donors (Lipinski definition) is 3. The SMILES string of the molecule is C=CCc1ccc(-n2c(-c3cccnc3N)nc3ccc(-c4ccccc4)nc32)cc1.NS. The van der Waals surface area contributed by atoms with Gasteiger partial charge >= 0.3 is 0 Å². The Morgan fingerprint density at radius 2 is 1.64 bits per heavy atom. The standard InChI is InChI=1S/C26H21N5.H3NS/c1-2-7-18-11-13-20(14-12-18)31-25(21-10-6-17-28-24(21)27)30-23-16-15-22(29-26(23)31)19-8-4-3-5-9-19;1-2/h2-6,8-17H,1,7H2,(H2,27,28);2H,1H2. The molecule has 0 saturated carbocycles. The molecule has 0 radical (unpaired) electrons. The van der Waals surface area contributed by atoms with Crippen molar-refractivity contribution in [3.8, 4) is 28.3 Å². The minimum absolute atomic E-state index is 0.436. The number of imidazole rings is 1. The Bertz CT molecular complexity index is 1380. The molecule has 3 heterocycles. The van der Waals surface area contributed by atoms with Crippen molar-refractivity contribution < 1.29 is 0 Å². The summed E-state index contributed by atoms with van der Waals surface area (Å²) in [6.45, 7) is 3.83. The molecule has 0 bridgehead atoms. The smallest absolute Gasteiger partial charge is 0.165 e. The molecule has 0 aliphatic carbocycles. The van der Waals surface area contributed by atoms with E-state index in [0.29, 0.717) is 5.82 Å². The van der Waals surface area contributed by atoms with Crippen molar-refractivity contribution in [1.29, 1.82) is 0 Å². The molecule has 3 aromatic heterocycles. The molecule has 33 heavy (non-hydrogen) atoms. The van der Waals surface area contributed by atoms with Crippen LogP contribution in [0.3, 0.4) is 0 Å². The molecule has 0 saturated heterocycles. The van der Waals surface area contributed by atoms with E-state index in [2.05, 4.69) is 65.9 Å². The van der Waals surface area contributed by atoms with Crippen LogP contribution in [0.25, 0.3) is 39.5 Å². The summed E-state index contributed by atoms with van der Waals surface area (Å²) in [6, 6.07) is 26.3. The number of pyridine rings is 2. The first-order chi connectivity index (χ1) is 16.2. The van der Waals surface area contributed by atoms with E-state index in [0.717, 1.165) is 45.9 Å². The predicted molar refractivity (Wildman–Crippen MR) is 139 cm³/mol. The third kappa shape index (κ3) is 4.50. The van der Waals surface area contributed by atoms with E-state index < -0.39 is 0 Å². The fourth-order valence-corrected chi connectivity index (χ4v) is 3.71. The third-order valence-corrected chi connectivity index (χ3v) is 5.23. The maximum atomic E-state index is 6.21. The number of allylic oxidation sites excluding steroid dienone is 1. The lowest BCUT2D eigenvalue weighted by atomic mass is 10.1. The largest absolute Gasteiger partial charge is 0.383 e. The molecule has 7 heteroatoms. The van der Waals surface area contributed by atoms with Gasteiger partial charge in [-0.25, -0.2) is 15.0 Å². The van der Waals surface area contributed by atoms with E-state index >= 15 is 0 Å². The molecule has 164 valence electrons. The Kier molecular flexibility index (Phi) is 6.83.